The number of nitrogens with one attached hydrogen (secondary N) is 1. The molecule has 7 heteroatoms. The van der Waals surface area contributed by atoms with Gasteiger partial charge in [-0.3, -0.25) is 0 Å². The maximum absolute atomic E-state index is 12.6. The molecule has 0 radical (unpaired) electrons. The normalized spacial score (nSPS) is 18.3. The molecule has 1 fully saturated rings. The van der Waals surface area contributed by atoms with Crippen molar-refractivity contribution in [1.82, 2.24) is 10.2 Å². The summed E-state index contributed by atoms with van der Waals surface area (Å²) in [5, 5.41) is 2.65. The Morgan fingerprint density at radius 2 is 2.25 bits per heavy atom. The number of nitrogens with zero attached hydrogens (tertiary/aromatic N) is 1. The molecule has 1 aliphatic rings. The molecule has 1 heterocycles. The first-order valence-corrected chi connectivity index (χ1v) is 7.67. The van der Waals surface area contributed by atoms with Crippen molar-refractivity contribution >= 4 is 6.03 Å². The fourth-order valence-electron chi connectivity index (χ4n) is 2.33. The average molecular weight is 340 g/mol. The van der Waals surface area contributed by atoms with Gasteiger partial charge in [-0.25, -0.2) is 4.79 Å². The van der Waals surface area contributed by atoms with Crippen LogP contribution in [0.4, 0.5) is 18.0 Å². The van der Waals surface area contributed by atoms with Gasteiger partial charge in [0.15, 0.2) is 0 Å². The van der Waals surface area contributed by atoms with Gasteiger partial charge in [0.25, 0.3) is 0 Å². The maximum atomic E-state index is 12.6. The molecular formula is C17H19F3N2O2. The first-order chi connectivity index (χ1) is 11.4. The van der Waals surface area contributed by atoms with Crippen LogP contribution in [0.1, 0.15) is 24.5 Å². The van der Waals surface area contributed by atoms with Crippen molar-refractivity contribution in [1.29, 1.82) is 0 Å². The molecule has 1 aromatic carbocycles. The topological polar surface area (TPSA) is 41.6 Å². The summed E-state index contributed by atoms with van der Waals surface area (Å²) in [7, 11) is 0. The third kappa shape index (κ3) is 5.46. The largest absolute Gasteiger partial charge is 0.416 e. The molecule has 1 atom stereocenters. The van der Waals surface area contributed by atoms with Gasteiger partial charge in [0.2, 0.25) is 0 Å². The van der Waals surface area contributed by atoms with Crippen LogP contribution < -0.4 is 5.32 Å². The SMILES string of the molecule is C[C@@H]1CN(C(=O)NCC#Cc2cccc(C(F)(F)F)c2)CCCO1. The van der Waals surface area contributed by atoms with Crippen LogP contribution in [0.3, 0.4) is 0 Å². The zero-order valence-corrected chi connectivity index (χ0v) is 13.3. The molecule has 1 N–H and O–H groups in total. The molecule has 0 bridgehead atoms. The lowest BCUT2D eigenvalue weighted by molar-refractivity contribution is -0.137. The average Bonchev–Trinajstić information content (AvgIpc) is 2.75. The van der Waals surface area contributed by atoms with Crippen molar-refractivity contribution in [3.63, 3.8) is 0 Å². The maximum Gasteiger partial charge on any atom is 0.416 e. The van der Waals surface area contributed by atoms with Crippen molar-refractivity contribution in [3.05, 3.63) is 35.4 Å². The van der Waals surface area contributed by atoms with Crippen molar-refractivity contribution < 1.29 is 22.7 Å². The van der Waals surface area contributed by atoms with E-state index in [2.05, 4.69) is 17.2 Å². The van der Waals surface area contributed by atoms with Gasteiger partial charge in [0.1, 0.15) is 0 Å². The van der Waals surface area contributed by atoms with E-state index >= 15 is 0 Å². The highest BCUT2D eigenvalue weighted by atomic mass is 19.4. The minimum Gasteiger partial charge on any atom is -0.377 e. The molecule has 1 saturated heterocycles. The third-order valence-electron chi connectivity index (χ3n) is 3.49. The summed E-state index contributed by atoms with van der Waals surface area (Å²) in [4.78, 5) is 13.7. The van der Waals surface area contributed by atoms with E-state index in [1.165, 1.54) is 12.1 Å². The van der Waals surface area contributed by atoms with Crippen molar-refractivity contribution in [2.75, 3.05) is 26.2 Å². The number of hydrogen-bond donors (Lipinski definition) is 1. The van der Waals surface area contributed by atoms with E-state index in [1.807, 2.05) is 6.92 Å². The van der Waals surface area contributed by atoms with Crippen LogP contribution in [0.5, 0.6) is 0 Å². The van der Waals surface area contributed by atoms with E-state index < -0.39 is 11.7 Å². The number of ether oxygens (including phenoxy) is 1. The van der Waals surface area contributed by atoms with Crippen LogP contribution in [0.2, 0.25) is 0 Å². The van der Waals surface area contributed by atoms with Crippen LogP contribution >= 0.6 is 0 Å². The summed E-state index contributed by atoms with van der Waals surface area (Å²) in [6, 6.07) is 4.55. The summed E-state index contributed by atoms with van der Waals surface area (Å²) < 4.78 is 43.3. The lowest BCUT2D eigenvalue weighted by Gasteiger charge is -2.21. The molecule has 4 nitrogen and oxygen atoms in total. The van der Waals surface area contributed by atoms with Crippen LogP contribution in [-0.4, -0.2) is 43.3 Å². The Morgan fingerprint density at radius 3 is 3.00 bits per heavy atom. The van der Waals surface area contributed by atoms with E-state index in [9.17, 15) is 18.0 Å². The molecular weight excluding hydrogens is 321 g/mol. The lowest BCUT2D eigenvalue weighted by Crippen LogP contribution is -2.43. The van der Waals surface area contributed by atoms with E-state index in [1.54, 1.807) is 4.90 Å². The second-order valence-corrected chi connectivity index (χ2v) is 5.52. The summed E-state index contributed by atoms with van der Waals surface area (Å²) >= 11 is 0. The predicted octanol–water partition coefficient (Wildman–Crippen LogP) is 2.88. The van der Waals surface area contributed by atoms with Gasteiger partial charge < -0.3 is 15.0 Å². The summed E-state index contributed by atoms with van der Waals surface area (Å²) in [5.74, 6) is 5.30. The third-order valence-corrected chi connectivity index (χ3v) is 3.49. The van der Waals surface area contributed by atoms with Gasteiger partial charge in [-0.1, -0.05) is 17.9 Å². The van der Waals surface area contributed by atoms with E-state index in [0.717, 1.165) is 18.6 Å². The summed E-state index contributed by atoms with van der Waals surface area (Å²) in [6.45, 7) is 3.71. The standard InChI is InChI=1S/C17H19F3N2O2/c1-13-12-22(9-4-10-24-13)16(23)21-8-3-6-14-5-2-7-15(11-14)17(18,19)20/h2,5,7,11,13H,4,8-10,12H2,1H3,(H,21,23)/t13-/m1/s1. The molecule has 2 amide bonds. The predicted molar refractivity (Wildman–Crippen MR) is 83.3 cm³/mol. The Hall–Kier alpha value is -2.20. The van der Waals surface area contributed by atoms with Gasteiger partial charge in [0, 0.05) is 25.3 Å². The molecule has 0 aliphatic carbocycles. The van der Waals surface area contributed by atoms with Crippen molar-refractivity contribution in [2.45, 2.75) is 25.6 Å². The molecule has 130 valence electrons. The number of carbonyl (C=O) groups excluding carboxylic acids is 1. The van der Waals surface area contributed by atoms with Crippen LogP contribution in [-0.2, 0) is 10.9 Å². The fourth-order valence-corrected chi connectivity index (χ4v) is 2.33. The second-order valence-electron chi connectivity index (χ2n) is 5.52. The Bertz CT molecular complexity index is 635. The summed E-state index contributed by atoms with van der Waals surface area (Å²) in [5.41, 5.74) is -0.479. The molecule has 0 spiro atoms. The molecule has 1 aromatic rings. The zero-order chi connectivity index (χ0) is 17.6. The number of amides is 2. The minimum atomic E-state index is -4.39. The minimum absolute atomic E-state index is 0.0190. The monoisotopic (exact) mass is 340 g/mol. The van der Waals surface area contributed by atoms with Crippen LogP contribution in [0.15, 0.2) is 24.3 Å². The Labute approximate surface area is 139 Å². The number of urea groups is 1. The first kappa shape index (κ1) is 18.1. The van der Waals surface area contributed by atoms with Crippen LogP contribution in [0.25, 0.3) is 0 Å². The second kappa shape index (κ2) is 8.06. The van der Waals surface area contributed by atoms with E-state index in [-0.39, 0.29) is 24.2 Å². The number of alkyl halides is 3. The summed E-state index contributed by atoms with van der Waals surface area (Å²) in [6.07, 6.45) is -3.64. The van der Waals surface area contributed by atoms with Crippen molar-refractivity contribution in [3.8, 4) is 11.8 Å². The highest BCUT2D eigenvalue weighted by Gasteiger charge is 2.30. The highest BCUT2D eigenvalue weighted by Crippen LogP contribution is 2.29. The smallest absolute Gasteiger partial charge is 0.377 e. The highest BCUT2D eigenvalue weighted by molar-refractivity contribution is 5.74. The van der Waals surface area contributed by atoms with Gasteiger partial charge in [-0.05, 0) is 31.5 Å². The molecule has 0 saturated carbocycles. The molecule has 1 aliphatic heterocycles. The number of carbonyl (C=O) groups is 1. The zero-order valence-electron chi connectivity index (χ0n) is 13.3. The number of rotatable bonds is 1. The Balaban J connectivity index is 1.88. The molecule has 0 unspecified atom stereocenters. The molecule has 24 heavy (non-hydrogen) atoms. The Kier molecular flexibility index (Phi) is 6.10. The van der Waals surface area contributed by atoms with Crippen molar-refractivity contribution in [2.24, 2.45) is 0 Å². The first-order valence-electron chi connectivity index (χ1n) is 7.67. The fraction of sp³-hybridized carbons (Fsp3) is 0.471. The van der Waals surface area contributed by atoms with E-state index in [4.69, 9.17) is 4.74 Å². The number of benzene rings is 1. The number of halogens is 3. The van der Waals surface area contributed by atoms with Crippen LogP contribution in [0, 0.1) is 11.8 Å². The van der Waals surface area contributed by atoms with Gasteiger partial charge in [-0.15, -0.1) is 0 Å². The molecule has 0 aromatic heterocycles. The van der Waals surface area contributed by atoms with Gasteiger partial charge in [-0.2, -0.15) is 13.2 Å². The lowest BCUT2D eigenvalue weighted by atomic mass is 10.1. The number of hydrogen-bond acceptors (Lipinski definition) is 2. The van der Waals surface area contributed by atoms with E-state index in [0.29, 0.717) is 19.7 Å². The van der Waals surface area contributed by atoms with Gasteiger partial charge >= 0.3 is 12.2 Å². The van der Waals surface area contributed by atoms with Gasteiger partial charge in [0.05, 0.1) is 18.2 Å². The Morgan fingerprint density at radius 1 is 1.46 bits per heavy atom. The molecule has 2 rings (SSSR count). The quantitative estimate of drug-likeness (QED) is 0.799.